The molecule has 0 aromatic carbocycles. The Labute approximate surface area is 101 Å². The second-order valence-corrected chi connectivity index (χ2v) is 4.60. The third-order valence-electron chi connectivity index (χ3n) is 2.47. The van der Waals surface area contributed by atoms with Crippen LogP contribution in [0.15, 0.2) is 23.8 Å². The molecule has 0 N–H and O–H groups in total. The SMILES string of the molecule is C=C(C)CCCC(C)=CC[C@H](OP)C(C)=O. The molecule has 0 bridgehead atoms. The van der Waals surface area contributed by atoms with Crippen LogP contribution in [0.1, 0.15) is 46.5 Å². The van der Waals surface area contributed by atoms with Crippen LogP contribution in [-0.2, 0) is 9.32 Å². The average Bonchev–Trinajstić information content (AvgIpc) is 2.17. The first-order valence-electron chi connectivity index (χ1n) is 5.63. The summed E-state index contributed by atoms with van der Waals surface area (Å²) >= 11 is 0. The third kappa shape index (κ3) is 7.78. The first kappa shape index (κ1) is 15.5. The fraction of sp³-hybridized carbons (Fsp3) is 0.615. The van der Waals surface area contributed by atoms with Gasteiger partial charge >= 0.3 is 0 Å². The summed E-state index contributed by atoms with van der Waals surface area (Å²) in [5, 5.41) is 0. The first-order valence-corrected chi connectivity index (χ1v) is 6.10. The molecule has 1 unspecified atom stereocenters. The maximum Gasteiger partial charge on any atom is 0.159 e. The van der Waals surface area contributed by atoms with Crippen LogP contribution < -0.4 is 0 Å². The fourth-order valence-electron chi connectivity index (χ4n) is 1.40. The van der Waals surface area contributed by atoms with Crippen molar-refractivity contribution in [1.29, 1.82) is 0 Å². The lowest BCUT2D eigenvalue weighted by Crippen LogP contribution is -2.16. The zero-order valence-electron chi connectivity index (χ0n) is 10.6. The Bertz CT molecular complexity index is 269. The van der Waals surface area contributed by atoms with E-state index in [9.17, 15) is 4.79 Å². The topological polar surface area (TPSA) is 26.3 Å². The molecule has 0 aromatic rings. The number of ketones is 1. The lowest BCUT2D eigenvalue weighted by atomic mass is 10.0. The van der Waals surface area contributed by atoms with Crippen LogP contribution in [0.25, 0.3) is 0 Å². The molecular weight excluding hydrogens is 219 g/mol. The van der Waals surface area contributed by atoms with Crippen molar-refractivity contribution in [1.82, 2.24) is 0 Å². The summed E-state index contributed by atoms with van der Waals surface area (Å²) in [4.78, 5) is 11.1. The van der Waals surface area contributed by atoms with Crippen LogP contribution in [0.5, 0.6) is 0 Å². The van der Waals surface area contributed by atoms with Crippen molar-refractivity contribution in [3.63, 3.8) is 0 Å². The van der Waals surface area contributed by atoms with E-state index in [4.69, 9.17) is 4.52 Å². The molecule has 16 heavy (non-hydrogen) atoms. The molecule has 3 heteroatoms. The van der Waals surface area contributed by atoms with E-state index in [1.54, 1.807) is 6.92 Å². The summed E-state index contributed by atoms with van der Waals surface area (Å²) in [7, 11) is 2.16. The van der Waals surface area contributed by atoms with Gasteiger partial charge in [-0.3, -0.25) is 4.79 Å². The molecule has 0 rings (SSSR count). The third-order valence-corrected chi connectivity index (χ3v) is 2.80. The van der Waals surface area contributed by atoms with Crippen LogP contribution in [0.4, 0.5) is 0 Å². The van der Waals surface area contributed by atoms with Gasteiger partial charge in [0.05, 0.1) is 0 Å². The molecule has 92 valence electrons. The van der Waals surface area contributed by atoms with Crippen molar-refractivity contribution in [3.8, 4) is 0 Å². The van der Waals surface area contributed by atoms with Gasteiger partial charge in [0.25, 0.3) is 0 Å². The minimum atomic E-state index is -0.318. The first-order chi connectivity index (χ1) is 7.47. The molecule has 0 radical (unpaired) electrons. The molecule has 0 amide bonds. The largest absolute Gasteiger partial charge is 0.354 e. The normalized spacial score (nSPS) is 13.6. The number of hydrogen-bond donors (Lipinski definition) is 0. The molecule has 0 heterocycles. The van der Waals surface area contributed by atoms with Crippen LogP contribution in [0.3, 0.4) is 0 Å². The number of carbonyl (C=O) groups is 1. The molecule has 0 aliphatic carbocycles. The molecule has 0 fully saturated rings. The minimum Gasteiger partial charge on any atom is -0.354 e. The van der Waals surface area contributed by atoms with Crippen molar-refractivity contribution in [3.05, 3.63) is 23.8 Å². The van der Waals surface area contributed by atoms with Crippen LogP contribution in [-0.4, -0.2) is 11.9 Å². The minimum absolute atomic E-state index is 0.0704. The zero-order valence-corrected chi connectivity index (χ0v) is 11.7. The van der Waals surface area contributed by atoms with Crippen LogP contribution in [0, 0.1) is 0 Å². The van der Waals surface area contributed by atoms with Crippen molar-refractivity contribution >= 4 is 15.2 Å². The summed E-state index contributed by atoms with van der Waals surface area (Å²) in [6.07, 6.45) is 5.70. The molecule has 0 saturated carbocycles. The monoisotopic (exact) mass is 242 g/mol. The van der Waals surface area contributed by atoms with E-state index in [0.717, 1.165) is 19.3 Å². The predicted octanol–water partition coefficient (Wildman–Crippen LogP) is 3.83. The van der Waals surface area contributed by atoms with Crippen molar-refractivity contribution in [2.45, 2.75) is 52.6 Å². The van der Waals surface area contributed by atoms with E-state index in [2.05, 4.69) is 29.0 Å². The molecule has 0 aromatic heterocycles. The van der Waals surface area contributed by atoms with Gasteiger partial charge in [-0.15, -0.1) is 6.58 Å². The summed E-state index contributed by atoms with van der Waals surface area (Å²) < 4.78 is 5.01. The smallest absolute Gasteiger partial charge is 0.159 e. The highest BCUT2D eigenvalue weighted by Crippen LogP contribution is 2.13. The van der Waals surface area contributed by atoms with Crippen molar-refractivity contribution in [2.24, 2.45) is 0 Å². The Balaban J connectivity index is 3.93. The van der Waals surface area contributed by atoms with E-state index >= 15 is 0 Å². The van der Waals surface area contributed by atoms with Gasteiger partial charge in [-0.05, 0) is 46.5 Å². The number of allylic oxidation sites excluding steroid dienone is 2. The van der Waals surface area contributed by atoms with Crippen LogP contribution in [0.2, 0.25) is 0 Å². The zero-order chi connectivity index (χ0) is 12.6. The summed E-state index contributed by atoms with van der Waals surface area (Å²) in [5.41, 5.74) is 2.54. The van der Waals surface area contributed by atoms with Gasteiger partial charge in [-0.2, -0.15) is 0 Å². The van der Waals surface area contributed by atoms with E-state index in [1.807, 2.05) is 6.92 Å². The van der Waals surface area contributed by atoms with E-state index < -0.39 is 0 Å². The second-order valence-electron chi connectivity index (χ2n) is 4.33. The van der Waals surface area contributed by atoms with Crippen molar-refractivity contribution in [2.75, 3.05) is 0 Å². The molecule has 2 atom stereocenters. The van der Waals surface area contributed by atoms with Gasteiger partial charge < -0.3 is 4.52 Å². The van der Waals surface area contributed by atoms with E-state index in [0.29, 0.717) is 6.42 Å². The number of Topliss-reactive ketones (excluding diaryl/α,β-unsaturated/α-hetero) is 1. The van der Waals surface area contributed by atoms with Crippen molar-refractivity contribution < 1.29 is 9.32 Å². The highest BCUT2D eigenvalue weighted by atomic mass is 31.0. The average molecular weight is 242 g/mol. The lowest BCUT2D eigenvalue weighted by Gasteiger charge is -2.09. The summed E-state index contributed by atoms with van der Waals surface area (Å²) in [6.45, 7) is 9.57. The van der Waals surface area contributed by atoms with Gasteiger partial charge in [0.15, 0.2) is 5.78 Å². The highest BCUT2D eigenvalue weighted by Gasteiger charge is 2.10. The molecule has 0 spiro atoms. The molecule has 0 aliphatic heterocycles. The van der Waals surface area contributed by atoms with Gasteiger partial charge in [0.2, 0.25) is 0 Å². The Morgan fingerprint density at radius 3 is 2.44 bits per heavy atom. The Hall–Kier alpha value is -0.460. The summed E-state index contributed by atoms with van der Waals surface area (Å²) in [5.74, 6) is 0.0704. The number of hydrogen-bond acceptors (Lipinski definition) is 2. The summed E-state index contributed by atoms with van der Waals surface area (Å²) in [6, 6.07) is 0. The molecule has 0 aliphatic rings. The molecule has 0 saturated heterocycles. The highest BCUT2D eigenvalue weighted by molar-refractivity contribution is 7.09. The van der Waals surface area contributed by atoms with E-state index in [-0.39, 0.29) is 11.9 Å². The Morgan fingerprint density at radius 2 is 2.00 bits per heavy atom. The number of rotatable bonds is 8. The Kier molecular flexibility index (Phi) is 8.42. The maximum atomic E-state index is 11.1. The maximum absolute atomic E-state index is 11.1. The number of carbonyl (C=O) groups excluding carboxylic acids is 1. The van der Waals surface area contributed by atoms with E-state index in [1.165, 1.54) is 11.1 Å². The Morgan fingerprint density at radius 1 is 1.38 bits per heavy atom. The predicted molar refractivity (Wildman–Crippen MR) is 72.3 cm³/mol. The van der Waals surface area contributed by atoms with Gasteiger partial charge in [-0.1, -0.05) is 17.2 Å². The molecule has 2 nitrogen and oxygen atoms in total. The fourth-order valence-corrected chi connectivity index (χ4v) is 1.70. The van der Waals surface area contributed by atoms with Gasteiger partial charge in [0.1, 0.15) is 6.10 Å². The lowest BCUT2D eigenvalue weighted by molar-refractivity contribution is -0.123. The van der Waals surface area contributed by atoms with Crippen LogP contribution >= 0.6 is 9.47 Å². The molecular formula is C13H23O2P. The van der Waals surface area contributed by atoms with Gasteiger partial charge in [-0.25, -0.2) is 0 Å². The quantitative estimate of drug-likeness (QED) is 0.477. The second kappa shape index (κ2) is 8.66. The standard InChI is InChI=1S/C13H23O2P/c1-10(2)6-5-7-11(3)8-9-13(15-16)12(4)14/h8,13H,1,5-7,9,16H2,2-4H3/t13-/m0/s1. The van der Waals surface area contributed by atoms with Gasteiger partial charge in [0, 0.05) is 9.47 Å².